The van der Waals surface area contributed by atoms with Gasteiger partial charge in [0, 0.05) is 30.0 Å². The standard InChI is InChI=1S/C24H38O3/c1-10-12-24(13-11-2)15-17-19(27-24)14-18(22(4,5)6)21(26-16(3)25)20(17)23(7,8)9/h14H,10-13,15H2,1-9H3. The molecule has 3 nitrogen and oxygen atoms in total. The number of fused-ring (bicyclic) bond motifs is 1. The maximum absolute atomic E-state index is 12.0. The van der Waals surface area contributed by atoms with Crippen molar-refractivity contribution in [3.63, 3.8) is 0 Å². The highest BCUT2D eigenvalue weighted by Crippen LogP contribution is 2.51. The highest BCUT2D eigenvalue weighted by atomic mass is 16.5. The van der Waals surface area contributed by atoms with Crippen LogP contribution in [0.2, 0.25) is 0 Å². The summed E-state index contributed by atoms with van der Waals surface area (Å²) in [7, 11) is 0. The second-order valence-electron chi connectivity index (χ2n) is 10.2. The minimum absolute atomic E-state index is 0.129. The Morgan fingerprint density at radius 2 is 1.63 bits per heavy atom. The van der Waals surface area contributed by atoms with Gasteiger partial charge < -0.3 is 9.47 Å². The van der Waals surface area contributed by atoms with Crippen LogP contribution >= 0.6 is 0 Å². The molecule has 2 rings (SSSR count). The van der Waals surface area contributed by atoms with Gasteiger partial charge >= 0.3 is 5.97 Å². The summed E-state index contributed by atoms with van der Waals surface area (Å²) in [5, 5.41) is 0. The van der Waals surface area contributed by atoms with Crippen LogP contribution in [-0.2, 0) is 22.0 Å². The molecule has 0 bridgehead atoms. The fourth-order valence-electron chi connectivity index (χ4n) is 4.45. The molecule has 0 saturated heterocycles. The normalized spacial score (nSPS) is 16.0. The quantitative estimate of drug-likeness (QED) is 0.437. The highest BCUT2D eigenvalue weighted by molar-refractivity contribution is 5.72. The van der Waals surface area contributed by atoms with E-state index in [0.717, 1.165) is 54.7 Å². The molecule has 3 heteroatoms. The molecule has 152 valence electrons. The molecule has 0 atom stereocenters. The second-order valence-corrected chi connectivity index (χ2v) is 10.2. The molecule has 0 aromatic heterocycles. The lowest BCUT2D eigenvalue weighted by molar-refractivity contribution is -0.132. The average molecular weight is 375 g/mol. The van der Waals surface area contributed by atoms with Crippen molar-refractivity contribution in [2.24, 2.45) is 0 Å². The number of hydrogen-bond acceptors (Lipinski definition) is 3. The number of rotatable bonds is 5. The van der Waals surface area contributed by atoms with Crippen LogP contribution in [0.5, 0.6) is 11.5 Å². The average Bonchev–Trinajstić information content (AvgIpc) is 2.81. The summed E-state index contributed by atoms with van der Waals surface area (Å²) in [6, 6.07) is 2.13. The first-order valence-corrected chi connectivity index (χ1v) is 10.4. The van der Waals surface area contributed by atoms with Crippen LogP contribution in [0.3, 0.4) is 0 Å². The number of ether oxygens (including phenoxy) is 2. The number of carbonyl (C=O) groups is 1. The molecule has 0 fully saturated rings. The van der Waals surface area contributed by atoms with Gasteiger partial charge in [-0.05, 0) is 29.7 Å². The molecular weight excluding hydrogens is 336 g/mol. The third-order valence-electron chi connectivity index (χ3n) is 5.39. The number of benzene rings is 1. The third-order valence-corrected chi connectivity index (χ3v) is 5.39. The van der Waals surface area contributed by atoms with E-state index in [9.17, 15) is 4.79 Å². The maximum atomic E-state index is 12.0. The molecule has 27 heavy (non-hydrogen) atoms. The Morgan fingerprint density at radius 3 is 2.04 bits per heavy atom. The highest BCUT2D eigenvalue weighted by Gasteiger charge is 2.43. The van der Waals surface area contributed by atoms with Crippen LogP contribution in [0.1, 0.15) is 105 Å². The van der Waals surface area contributed by atoms with E-state index in [1.54, 1.807) is 0 Å². The first-order chi connectivity index (χ1) is 12.3. The van der Waals surface area contributed by atoms with Crippen LogP contribution in [0.25, 0.3) is 0 Å². The maximum Gasteiger partial charge on any atom is 0.308 e. The molecule has 0 saturated carbocycles. The van der Waals surface area contributed by atoms with Gasteiger partial charge in [0.1, 0.15) is 17.1 Å². The summed E-state index contributed by atoms with van der Waals surface area (Å²) in [5.74, 6) is 1.47. The van der Waals surface area contributed by atoms with Crippen LogP contribution in [0, 0.1) is 0 Å². The van der Waals surface area contributed by atoms with Crippen LogP contribution in [-0.4, -0.2) is 11.6 Å². The lowest BCUT2D eigenvalue weighted by Crippen LogP contribution is -2.34. The Labute approximate surface area is 165 Å². The first kappa shape index (κ1) is 21.8. The first-order valence-electron chi connectivity index (χ1n) is 10.4. The minimum Gasteiger partial charge on any atom is -0.487 e. The van der Waals surface area contributed by atoms with Crippen molar-refractivity contribution in [2.45, 2.75) is 111 Å². The van der Waals surface area contributed by atoms with E-state index in [-0.39, 0.29) is 22.4 Å². The van der Waals surface area contributed by atoms with Crippen molar-refractivity contribution >= 4 is 5.97 Å². The van der Waals surface area contributed by atoms with Gasteiger partial charge in [-0.3, -0.25) is 4.79 Å². The number of carbonyl (C=O) groups excluding carboxylic acids is 1. The SMILES string of the molecule is CCCC1(CCC)Cc2c(cc(C(C)(C)C)c(OC(C)=O)c2C(C)(C)C)O1. The molecule has 0 aliphatic carbocycles. The van der Waals surface area contributed by atoms with E-state index in [2.05, 4.69) is 61.5 Å². The zero-order chi connectivity index (χ0) is 20.6. The van der Waals surface area contributed by atoms with Crippen molar-refractivity contribution in [3.8, 4) is 11.5 Å². The van der Waals surface area contributed by atoms with Gasteiger partial charge in [0.2, 0.25) is 0 Å². The summed E-state index contributed by atoms with van der Waals surface area (Å²) >= 11 is 0. The lowest BCUT2D eigenvalue weighted by atomic mass is 9.75. The van der Waals surface area contributed by atoms with Crippen molar-refractivity contribution < 1.29 is 14.3 Å². The van der Waals surface area contributed by atoms with E-state index < -0.39 is 0 Å². The van der Waals surface area contributed by atoms with Gasteiger partial charge in [-0.25, -0.2) is 0 Å². The van der Waals surface area contributed by atoms with E-state index in [4.69, 9.17) is 9.47 Å². The third kappa shape index (κ3) is 4.50. The largest absolute Gasteiger partial charge is 0.487 e. The monoisotopic (exact) mass is 374 g/mol. The Morgan fingerprint density at radius 1 is 1.07 bits per heavy atom. The molecule has 1 aromatic rings. The molecule has 0 amide bonds. The summed E-state index contributed by atoms with van der Waals surface area (Å²) in [6.07, 6.45) is 5.19. The summed E-state index contributed by atoms with van der Waals surface area (Å²) in [6.45, 7) is 19.0. The predicted octanol–water partition coefficient (Wildman–Crippen LogP) is 6.48. The minimum atomic E-state index is -0.266. The Hall–Kier alpha value is -1.51. The lowest BCUT2D eigenvalue weighted by Gasteiger charge is -2.30. The molecule has 0 spiro atoms. The Kier molecular flexibility index (Phi) is 6.04. The second kappa shape index (κ2) is 7.48. The Bertz CT molecular complexity index is 696. The van der Waals surface area contributed by atoms with Crippen LogP contribution in [0.15, 0.2) is 6.07 Å². The molecule has 1 aliphatic heterocycles. The van der Waals surface area contributed by atoms with E-state index in [0.29, 0.717) is 0 Å². The molecule has 0 radical (unpaired) electrons. The zero-order valence-electron chi connectivity index (χ0n) is 18.8. The van der Waals surface area contributed by atoms with Crippen molar-refractivity contribution in [3.05, 3.63) is 22.8 Å². The van der Waals surface area contributed by atoms with Crippen molar-refractivity contribution in [1.29, 1.82) is 0 Å². The molecule has 1 heterocycles. The topological polar surface area (TPSA) is 35.5 Å². The number of hydrogen-bond donors (Lipinski definition) is 0. The van der Waals surface area contributed by atoms with Gasteiger partial charge in [-0.1, -0.05) is 68.2 Å². The van der Waals surface area contributed by atoms with Gasteiger partial charge in [-0.2, -0.15) is 0 Å². The van der Waals surface area contributed by atoms with Crippen molar-refractivity contribution in [2.75, 3.05) is 0 Å². The van der Waals surface area contributed by atoms with E-state index in [1.807, 2.05) is 0 Å². The zero-order valence-corrected chi connectivity index (χ0v) is 18.8. The smallest absolute Gasteiger partial charge is 0.308 e. The van der Waals surface area contributed by atoms with E-state index in [1.165, 1.54) is 12.5 Å². The molecule has 0 unspecified atom stereocenters. The van der Waals surface area contributed by atoms with Gasteiger partial charge in [-0.15, -0.1) is 0 Å². The van der Waals surface area contributed by atoms with Crippen LogP contribution < -0.4 is 9.47 Å². The fourth-order valence-corrected chi connectivity index (χ4v) is 4.45. The van der Waals surface area contributed by atoms with E-state index >= 15 is 0 Å². The molecular formula is C24H38O3. The number of esters is 1. The summed E-state index contributed by atoms with van der Waals surface area (Å²) in [5.41, 5.74) is 2.99. The van der Waals surface area contributed by atoms with Gasteiger partial charge in [0.15, 0.2) is 0 Å². The Balaban J connectivity index is 2.78. The van der Waals surface area contributed by atoms with Crippen LogP contribution in [0.4, 0.5) is 0 Å². The fraction of sp³-hybridized carbons (Fsp3) is 0.708. The van der Waals surface area contributed by atoms with Gasteiger partial charge in [0.25, 0.3) is 0 Å². The molecule has 1 aliphatic rings. The van der Waals surface area contributed by atoms with Gasteiger partial charge in [0.05, 0.1) is 0 Å². The predicted molar refractivity (Wildman–Crippen MR) is 112 cm³/mol. The summed E-state index contributed by atoms with van der Waals surface area (Å²) in [4.78, 5) is 12.0. The van der Waals surface area contributed by atoms with Crippen molar-refractivity contribution in [1.82, 2.24) is 0 Å². The molecule has 1 aromatic carbocycles. The molecule has 0 N–H and O–H groups in total. The summed E-state index contributed by atoms with van der Waals surface area (Å²) < 4.78 is 12.5.